The lowest BCUT2D eigenvalue weighted by Gasteiger charge is -2.02. The molecule has 1 aromatic carbocycles. The second-order valence-electron chi connectivity index (χ2n) is 4.94. The van der Waals surface area contributed by atoms with Crippen molar-refractivity contribution in [3.05, 3.63) is 28.3 Å². The first-order chi connectivity index (χ1) is 9.72. The Morgan fingerprint density at radius 2 is 2.25 bits per heavy atom. The molecule has 1 aliphatic rings. The molecule has 0 bridgehead atoms. The lowest BCUT2D eigenvalue weighted by molar-refractivity contribution is -0.384. The summed E-state index contributed by atoms with van der Waals surface area (Å²) in [5.74, 6) is 0. The zero-order valence-electron chi connectivity index (χ0n) is 11.0. The van der Waals surface area contributed by atoms with Crippen LogP contribution in [0.5, 0.6) is 0 Å². The first-order valence-corrected chi connectivity index (χ1v) is 6.74. The summed E-state index contributed by atoms with van der Waals surface area (Å²) in [4.78, 5) is 14.4. The maximum atomic E-state index is 10.7. The van der Waals surface area contributed by atoms with Gasteiger partial charge in [-0.15, -0.1) is 0 Å². The highest BCUT2D eigenvalue weighted by Gasteiger charge is 2.19. The Kier molecular flexibility index (Phi) is 3.51. The number of oxazole rings is 1. The molecule has 1 heterocycles. The van der Waals surface area contributed by atoms with E-state index >= 15 is 0 Å². The van der Waals surface area contributed by atoms with E-state index in [1.54, 1.807) is 6.07 Å². The van der Waals surface area contributed by atoms with Crippen LogP contribution in [0.25, 0.3) is 11.1 Å². The molecule has 1 aromatic heterocycles. The van der Waals surface area contributed by atoms with Crippen molar-refractivity contribution >= 4 is 22.8 Å². The largest absolute Gasteiger partial charge is 0.424 e. The second kappa shape index (κ2) is 5.46. The van der Waals surface area contributed by atoms with Gasteiger partial charge in [-0.1, -0.05) is 0 Å². The van der Waals surface area contributed by atoms with Crippen molar-refractivity contribution in [3.63, 3.8) is 0 Å². The van der Waals surface area contributed by atoms with E-state index in [0.717, 1.165) is 25.6 Å². The Hall–Kier alpha value is -2.15. The van der Waals surface area contributed by atoms with E-state index in [-0.39, 0.29) is 5.69 Å². The summed E-state index contributed by atoms with van der Waals surface area (Å²) in [5.41, 5.74) is 1.07. The number of nitro groups is 1. The summed E-state index contributed by atoms with van der Waals surface area (Å²) in [7, 11) is 0. The van der Waals surface area contributed by atoms with Crippen molar-refractivity contribution in [2.75, 3.05) is 18.4 Å². The molecule has 7 nitrogen and oxygen atoms in total. The van der Waals surface area contributed by atoms with Gasteiger partial charge in [0.1, 0.15) is 5.52 Å². The number of non-ortho nitro benzene ring substituents is 1. The minimum Gasteiger partial charge on any atom is -0.424 e. The lowest BCUT2D eigenvalue weighted by Crippen LogP contribution is -2.19. The molecule has 1 aliphatic carbocycles. The molecule has 1 saturated carbocycles. The molecule has 1 fully saturated rings. The molecule has 20 heavy (non-hydrogen) atoms. The normalized spacial score (nSPS) is 14.6. The molecular weight excluding hydrogens is 260 g/mol. The van der Waals surface area contributed by atoms with Crippen LogP contribution in [0.4, 0.5) is 11.7 Å². The molecular formula is C13H16N4O3. The number of anilines is 1. The predicted octanol–water partition coefficient (Wildman–Crippen LogP) is 2.29. The summed E-state index contributed by atoms with van der Waals surface area (Å²) < 4.78 is 5.48. The first-order valence-electron chi connectivity index (χ1n) is 6.74. The fourth-order valence-electron chi connectivity index (χ4n) is 1.98. The molecule has 0 spiro atoms. The van der Waals surface area contributed by atoms with Crippen molar-refractivity contribution in [3.8, 4) is 0 Å². The number of benzene rings is 1. The summed E-state index contributed by atoms with van der Waals surface area (Å²) in [6.07, 6.45) is 3.56. The van der Waals surface area contributed by atoms with Crippen molar-refractivity contribution in [1.29, 1.82) is 0 Å². The molecule has 2 N–H and O–H groups in total. The van der Waals surface area contributed by atoms with Gasteiger partial charge >= 0.3 is 0 Å². The molecule has 0 saturated heterocycles. The number of hydrogen-bond donors (Lipinski definition) is 2. The zero-order valence-corrected chi connectivity index (χ0v) is 11.0. The topological polar surface area (TPSA) is 93.2 Å². The molecule has 2 aromatic rings. The van der Waals surface area contributed by atoms with Gasteiger partial charge in [0, 0.05) is 24.7 Å². The van der Waals surface area contributed by atoms with Crippen LogP contribution in [0.15, 0.2) is 22.6 Å². The second-order valence-corrected chi connectivity index (χ2v) is 4.94. The van der Waals surface area contributed by atoms with E-state index in [1.807, 2.05) is 0 Å². The van der Waals surface area contributed by atoms with E-state index in [2.05, 4.69) is 15.6 Å². The fourth-order valence-corrected chi connectivity index (χ4v) is 1.98. The number of rotatable bonds is 7. The van der Waals surface area contributed by atoms with Gasteiger partial charge in [-0.2, -0.15) is 4.98 Å². The number of nitrogens with one attached hydrogen (secondary N) is 2. The Balaban J connectivity index is 1.55. The van der Waals surface area contributed by atoms with Crippen LogP contribution >= 0.6 is 0 Å². The quantitative estimate of drug-likeness (QED) is 0.458. The maximum absolute atomic E-state index is 10.7. The minimum atomic E-state index is -0.440. The van der Waals surface area contributed by atoms with Gasteiger partial charge in [-0.25, -0.2) is 0 Å². The monoisotopic (exact) mass is 276 g/mol. The molecule has 0 atom stereocenters. The van der Waals surface area contributed by atoms with Crippen molar-refractivity contribution in [2.45, 2.75) is 25.3 Å². The van der Waals surface area contributed by atoms with Crippen LogP contribution < -0.4 is 10.6 Å². The molecule has 106 valence electrons. The summed E-state index contributed by atoms with van der Waals surface area (Å²) in [6.45, 7) is 1.73. The van der Waals surface area contributed by atoms with E-state index < -0.39 is 4.92 Å². The van der Waals surface area contributed by atoms with Gasteiger partial charge in [0.25, 0.3) is 11.7 Å². The lowest BCUT2D eigenvalue weighted by atomic mass is 10.3. The molecule has 0 amide bonds. The van der Waals surface area contributed by atoms with Gasteiger partial charge < -0.3 is 15.1 Å². The van der Waals surface area contributed by atoms with E-state index in [1.165, 1.54) is 25.0 Å². The van der Waals surface area contributed by atoms with Crippen LogP contribution in [-0.4, -0.2) is 29.0 Å². The summed E-state index contributed by atoms with van der Waals surface area (Å²) in [5, 5.41) is 17.2. The van der Waals surface area contributed by atoms with Gasteiger partial charge in [0.2, 0.25) is 0 Å². The van der Waals surface area contributed by atoms with E-state index in [9.17, 15) is 10.1 Å². The van der Waals surface area contributed by atoms with Crippen molar-refractivity contribution in [2.24, 2.45) is 0 Å². The van der Waals surface area contributed by atoms with Crippen LogP contribution in [0.2, 0.25) is 0 Å². The highest BCUT2D eigenvalue weighted by Crippen LogP contribution is 2.23. The third-order valence-corrected chi connectivity index (χ3v) is 3.22. The Morgan fingerprint density at radius 3 is 3.00 bits per heavy atom. The van der Waals surface area contributed by atoms with Crippen LogP contribution in [0, 0.1) is 10.1 Å². The van der Waals surface area contributed by atoms with Gasteiger partial charge in [0.15, 0.2) is 5.58 Å². The van der Waals surface area contributed by atoms with Gasteiger partial charge in [0.05, 0.1) is 4.92 Å². The standard InChI is InChI=1S/C13H16N4O3/c18-17(19)10-4-5-12-11(8-10)16-13(20-12)15-7-1-6-14-9-2-3-9/h4-5,8-9,14H,1-3,6-7H2,(H,15,16). The van der Waals surface area contributed by atoms with E-state index in [0.29, 0.717) is 17.1 Å². The maximum Gasteiger partial charge on any atom is 0.295 e. The highest BCUT2D eigenvalue weighted by atomic mass is 16.6. The van der Waals surface area contributed by atoms with Gasteiger partial charge in [-0.05, 0) is 31.9 Å². The molecule has 7 heteroatoms. The Morgan fingerprint density at radius 1 is 1.40 bits per heavy atom. The molecule has 0 aliphatic heterocycles. The number of nitrogens with zero attached hydrogens (tertiary/aromatic N) is 2. The third kappa shape index (κ3) is 3.05. The highest BCUT2D eigenvalue weighted by molar-refractivity contribution is 5.77. The van der Waals surface area contributed by atoms with Gasteiger partial charge in [-0.3, -0.25) is 10.1 Å². The van der Waals surface area contributed by atoms with Crippen molar-refractivity contribution < 1.29 is 9.34 Å². The van der Waals surface area contributed by atoms with Crippen LogP contribution in [0.3, 0.4) is 0 Å². The van der Waals surface area contributed by atoms with Crippen LogP contribution in [-0.2, 0) is 0 Å². The average Bonchev–Trinajstić information content (AvgIpc) is 3.16. The fraction of sp³-hybridized carbons (Fsp3) is 0.462. The predicted molar refractivity (Wildman–Crippen MR) is 74.8 cm³/mol. The first kappa shape index (κ1) is 12.9. The smallest absolute Gasteiger partial charge is 0.295 e. The summed E-state index contributed by atoms with van der Waals surface area (Å²) >= 11 is 0. The number of nitro benzene ring substituents is 1. The van der Waals surface area contributed by atoms with E-state index in [4.69, 9.17) is 4.42 Å². The average molecular weight is 276 g/mol. The Labute approximate surface area is 115 Å². The molecule has 0 unspecified atom stereocenters. The number of hydrogen-bond acceptors (Lipinski definition) is 6. The SMILES string of the molecule is O=[N+]([O-])c1ccc2oc(NCCCNC3CC3)nc2c1. The number of fused-ring (bicyclic) bond motifs is 1. The summed E-state index contributed by atoms with van der Waals surface area (Å²) in [6, 6.07) is 5.53. The Bertz CT molecular complexity index is 621. The molecule has 3 rings (SSSR count). The third-order valence-electron chi connectivity index (χ3n) is 3.22. The minimum absolute atomic E-state index is 0.0194. The van der Waals surface area contributed by atoms with Crippen LogP contribution in [0.1, 0.15) is 19.3 Å². The zero-order chi connectivity index (χ0) is 13.9. The molecule has 0 radical (unpaired) electrons. The number of aromatic nitrogens is 1. The van der Waals surface area contributed by atoms with Crippen molar-refractivity contribution in [1.82, 2.24) is 10.3 Å².